The van der Waals surface area contributed by atoms with Gasteiger partial charge in [0, 0.05) is 11.6 Å². The van der Waals surface area contributed by atoms with Crippen molar-refractivity contribution in [2.24, 2.45) is 0 Å². The minimum absolute atomic E-state index is 0.203. The molecule has 0 saturated heterocycles. The van der Waals surface area contributed by atoms with E-state index >= 15 is 0 Å². The molecule has 1 aliphatic rings. The van der Waals surface area contributed by atoms with Crippen molar-refractivity contribution in [3.8, 4) is 0 Å². The van der Waals surface area contributed by atoms with Crippen molar-refractivity contribution >= 4 is 5.78 Å². The zero-order valence-electron chi connectivity index (χ0n) is 9.34. The SMILES string of the molecule is Cc1cc(C)cc(C(=O)CNC2CC2)c1. The second-order valence-electron chi connectivity index (χ2n) is 4.45. The van der Waals surface area contributed by atoms with Crippen molar-refractivity contribution in [1.82, 2.24) is 5.32 Å². The summed E-state index contributed by atoms with van der Waals surface area (Å²) in [4.78, 5) is 11.8. The molecule has 80 valence electrons. The molecule has 0 unspecified atom stereocenters. The number of hydrogen-bond acceptors (Lipinski definition) is 2. The molecule has 0 aliphatic heterocycles. The molecule has 1 fully saturated rings. The maximum Gasteiger partial charge on any atom is 0.176 e. The molecule has 0 aromatic heterocycles. The number of carbonyl (C=O) groups is 1. The minimum Gasteiger partial charge on any atom is -0.307 e. The van der Waals surface area contributed by atoms with Crippen molar-refractivity contribution in [2.45, 2.75) is 32.7 Å². The summed E-state index contributed by atoms with van der Waals surface area (Å²) in [5, 5.41) is 3.24. The fourth-order valence-corrected chi connectivity index (χ4v) is 1.76. The zero-order valence-corrected chi connectivity index (χ0v) is 9.34. The van der Waals surface area contributed by atoms with E-state index in [1.54, 1.807) is 0 Å². The van der Waals surface area contributed by atoms with Crippen molar-refractivity contribution < 1.29 is 4.79 Å². The lowest BCUT2D eigenvalue weighted by Crippen LogP contribution is -2.24. The third-order valence-electron chi connectivity index (χ3n) is 2.67. The monoisotopic (exact) mass is 203 g/mol. The Kier molecular flexibility index (Phi) is 2.87. The molecule has 1 aromatic rings. The van der Waals surface area contributed by atoms with Crippen molar-refractivity contribution in [1.29, 1.82) is 0 Å². The highest BCUT2D eigenvalue weighted by Gasteiger charge is 2.21. The molecule has 0 spiro atoms. The molecular weight excluding hydrogens is 186 g/mol. The standard InChI is InChI=1S/C13H17NO/c1-9-5-10(2)7-11(6-9)13(15)8-14-12-3-4-12/h5-7,12,14H,3-4,8H2,1-2H3. The molecule has 2 rings (SSSR count). The number of nitrogens with one attached hydrogen (secondary N) is 1. The normalized spacial score (nSPS) is 15.3. The van der Waals surface area contributed by atoms with Gasteiger partial charge in [-0.1, -0.05) is 17.2 Å². The van der Waals surface area contributed by atoms with E-state index in [9.17, 15) is 4.79 Å². The Morgan fingerprint density at radius 2 is 1.87 bits per heavy atom. The largest absolute Gasteiger partial charge is 0.307 e. The Bertz CT molecular complexity index is 360. The van der Waals surface area contributed by atoms with Gasteiger partial charge in [0.15, 0.2) is 5.78 Å². The van der Waals surface area contributed by atoms with Gasteiger partial charge in [-0.3, -0.25) is 4.79 Å². The summed E-state index contributed by atoms with van der Waals surface area (Å²) in [5.41, 5.74) is 3.15. The van der Waals surface area contributed by atoms with Gasteiger partial charge in [0.25, 0.3) is 0 Å². The first kappa shape index (κ1) is 10.4. The van der Waals surface area contributed by atoms with Gasteiger partial charge in [0.1, 0.15) is 0 Å². The predicted molar refractivity (Wildman–Crippen MR) is 61.3 cm³/mol. The summed E-state index contributed by atoms with van der Waals surface area (Å²) < 4.78 is 0. The molecule has 1 N–H and O–H groups in total. The van der Waals surface area contributed by atoms with Gasteiger partial charge in [0.2, 0.25) is 0 Å². The van der Waals surface area contributed by atoms with Gasteiger partial charge in [0.05, 0.1) is 6.54 Å². The highest BCUT2D eigenvalue weighted by atomic mass is 16.1. The molecule has 15 heavy (non-hydrogen) atoms. The lowest BCUT2D eigenvalue weighted by molar-refractivity contribution is 0.0990. The summed E-state index contributed by atoms with van der Waals surface area (Å²) in [6.45, 7) is 4.53. The number of carbonyl (C=O) groups excluding carboxylic acids is 1. The zero-order chi connectivity index (χ0) is 10.8. The number of ketones is 1. The number of benzene rings is 1. The van der Waals surface area contributed by atoms with E-state index < -0.39 is 0 Å². The van der Waals surface area contributed by atoms with Crippen molar-refractivity contribution in [3.05, 3.63) is 34.9 Å². The first-order chi connectivity index (χ1) is 7.15. The number of aryl methyl sites for hydroxylation is 2. The second-order valence-corrected chi connectivity index (χ2v) is 4.45. The molecule has 2 heteroatoms. The van der Waals surface area contributed by atoms with Gasteiger partial charge in [-0.05, 0) is 38.8 Å². The van der Waals surface area contributed by atoms with E-state index in [1.165, 1.54) is 12.8 Å². The fourth-order valence-electron chi connectivity index (χ4n) is 1.76. The summed E-state index contributed by atoms with van der Waals surface area (Å²) in [6.07, 6.45) is 2.44. The van der Waals surface area contributed by atoms with Gasteiger partial charge >= 0.3 is 0 Å². The molecule has 0 bridgehead atoms. The molecule has 0 atom stereocenters. The Balaban J connectivity index is 2.02. The van der Waals surface area contributed by atoms with Crippen LogP contribution in [0, 0.1) is 13.8 Å². The van der Waals surface area contributed by atoms with Crippen LogP contribution in [-0.4, -0.2) is 18.4 Å². The van der Waals surface area contributed by atoms with Crippen molar-refractivity contribution in [2.75, 3.05) is 6.54 Å². The van der Waals surface area contributed by atoms with E-state index in [2.05, 4.69) is 11.4 Å². The Labute approximate surface area is 90.7 Å². The molecule has 1 aromatic carbocycles. The van der Waals surface area contributed by atoms with Crippen LogP contribution in [0.4, 0.5) is 0 Å². The molecule has 0 heterocycles. The van der Waals surface area contributed by atoms with Gasteiger partial charge in [-0.15, -0.1) is 0 Å². The first-order valence-corrected chi connectivity index (χ1v) is 5.50. The predicted octanol–water partition coefficient (Wildman–Crippen LogP) is 2.24. The van der Waals surface area contributed by atoms with Crippen LogP contribution in [0.2, 0.25) is 0 Å². The van der Waals surface area contributed by atoms with Crippen LogP contribution in [0.5, 0.6) is 0 Å². The highest BCUT2D eigenvalue weighted by Crippen LogP contribution is 2.18. The van der Waals surface area contributed by atoms with Crippen LogP contribution in [-0.2, 0) is 0 Å². The quantitative estimate of drug-likeness (QED) is 0.760. The lowest BCUT2D eigenvalue weighted by Gasteiger charge is -2.05. The van der Waals surface area contributed by atoms with Gasteiger partial charge < -0.3 is 5.32 Å². The third-order valence-corrected chi connectivity index (χ3v) is 2.67. The summed E-state index contributed by atoms with van der Waals surface area (Å²) in [6, 6.07) is 6.61. The lowest BCUT2D eigenvalue weighted by atomic mass is 10.0. The number of rotatable bonds is 4. The van der Waals surface area contributed by atoms with Crippen LogP contribution < -0.4 is 5.32 Å². The minimum atomic E-state index is 0.203. The molecule has 0 radical (unpaired) electrons. The van der Waals surface area contributed by atoms with E-state index in [1.807, 2.05) is 26.0 Å². The van der Waals surface area contributed by atoms with E-state index in [4.69, 9.17) is 0 Å². The first-order valence-electron chi connectivity index (χ1n) is 5.50. The summed E-state index contributed by atoms with van der Waals surface area (Å²) in [7, 11) is 0. The highest BCUT2D eigenvalue weighted by molar-refractivity contribution is 5.98. The van der Waals surface area contributed by atoms with Crippen LogP contribution in [0.3, 0.4) is 0 Å². The van der Waals surface area contributed by atoms with Gasteiger partial charge in [-0.25, -0.2) is 0 Å². The van der Waals surface area contributed by atoms with Crippen LogP contribution in [0.1, 0.15) is 34.3 Å². The molecule has 1 aliphatic carbocycles. The molecule has 1 saturated carbocycles. The summed E-state index contributed by atoms with van der Waals surface area (Å²) in [5.74, 6) is 0.203. The third kappa shape index (κ3) is 2.90. The average Bonchev–Trinajstić information content (AvgIpc) is 2.96. The number of hydrogen-bond donors (Lipinski definition) is 1. The Morgan fingerprint density at radius 3 is 2.40 bits per heavy atom. The summed E-state index contributed by atoms with van der Waals surface area (Å²) >= 11 is 0. The Hall–Kier alpha value is -1.15. The molecule has 2 nitrogen and oxygen atoms in total. The number of Topliss-reactive ketones (excluding diaryl/α,β-unsaturated/α-hetero) is 1. The second kappa shape index (κ2) is 4.15. The van der Waals surface area contributed by atoms with E-state index in [0.717, 1.165) is 16.7 Å². The van der Waals surface area contributed by atoms with Crippen molar-refractivity contribution in [3.63, 3.8) is 0 Å². The van der Waals surface area contributed by atoms with Crippen LogP contribution >= 0.6 is 0 Å². The molecular formula is C13H17NO. The van der Waals surface area contributed by atoms with Crippen LogP contribution in [0.15, 0.2) is 18.2 Å². The van der Waals surface area contributed by atoms with Gasteiger partial charge in [-0.2, -0.15) is 0 Å². The fraction of sp³-hybridized carbons (Fsp3) is 0.462. The average molecular weight is 203 g/mol. The van der Waals surface area contributed by atoms with E-state index in [0.29, 0.717) is 12.6 Å². The maximum absolute atomic E-state index is 11.8. The van der Waals surface area contributed by atoms with E-state index in [-0.39, 0.29) is 5.78 Å². The smallest absolute Gasteiger partial charge is 0.176 e. The topological polar surface area (TPSA) is 29.1 Å². The Morgan fingerprint density at radius 1 is 1.27 bits per heavy atom. The maximum atomic E-state index is 11.8. The van der Waals surface area contributed by atoms with Crippen LogP contribution in [0.25, 0.3) is 0 Å². The molecule has 0 amide bonds.